The molecule has 1 atom stereocenters. The second kappa shape index (κ2) is 10.1. The van der Waals surface area contributed by atoms with Crippen LogP contribution in [0, 0.1) is 10.1 Å². The lowest BCUT2D eigenvalue weighted by atomic mass is 10.0. The van der Waals surface area contributed by atoms with Crippen molar-refractivity contribution in [3.8, 4) is 0 Å². The number of benzene rings is 2. The van der Waals surface area contributed by atoms with Crippen LogP contribution in [0.1, 0.15) is 60.2 Å². The number of nitrogens with one attached hydrogen (secondary N) is 2. The van der Waals surface area contributed by atoms with Crippen LogP contribution < -0.4 is 15.5 Å². The summed E-state index contributed by atoms with van der Waals surface area (Å²) >= 11 is 0. The standard InChI is InChI=1S/C23H28N4O4/c1-3-16(2)24-23(29)20-15-18(10-11-21(20)26-12-5-4-6-13-26)25-22(28)17-8-7-9-19(14-17)27(30)31/h7-11,14-16H,3-6,12-13H2,1-2H3,(H,24,29)(H,25,28)/t16-/m0/s1. The van der Waals surface area contributed by atoms with Crippen molar-refractivity contribution in [2.24, 2.45) is 0 Å². The highest BCUT2D eigenvalue weighted by Gasteiger charge is 2.21. The number of hydrogen-bond donors (Lipinski definition) is 2. The zero-order valence-corrected chi connectivity index (χ0v) is 17.9. The van der Waals surface area contributed by atoms with Gasteiger partial charge in [-0.15, -0.1) is 0 Å². The molecule has 164 valence electrons. The van der Waals surface area contributed by atoms with Crippen molar-refractivity contribution < 1.29 is 14.5 Å². The number of piperidine rings is 1. The summed E-state index contributed by atoms with van der Waals surface area (Å²) in [5, 5.41) is 16.7. The van der Waals surface area contributed by atoms with Gasteiger partial charge in [0.2, 0.25) is 0 Å². The first-order valence-corrected chi connectivity index (χ1v) is 10.6. The van der Waals surface area contributed by atoms with E-state index in [1.807, 2.05) is 19.9 Å². The molecule has 1 aliphatic heterocycles. The molecule has 0 aliphatic carbocycles. The van der Waals surface area contributed by atoms with E-state index in [0.717, 1.165) is 38.0 Å². The lowest BCUT2D eigenvalue weighted by molar-refractivity contribution is -0.384. The number of carbonyl (C=O) groups is 2. The molecule has 0 spiro atoms. The van der Waals surface area contributed by atoms with Gasteiger partial charge in [0.25, 0.3) is 17.5 Å². The quantitative estimate of drug-likeness (QED) is 0.507. The summed E-state index contributed by atoms with van der Waals surface area (Å²) < 4.78 is 0. The fourth-order valence-electron chi connectivity index (χ4n) is 3.57. The molecular formula is C23H28N4O4. The van der Waals surface area contributed by atoms with E-state index in [4.69, 9.17) is 0 Å². The molecule has 0 saturated carbocycles. The van der Waals surface area contributed by atoms with Gasteiger partial charge >= 0.3 is 0 Å². The molecule has 0 bridgehead atoms. The molecule has 8 heteroatoms. The van der Waals surface area contributed by atoms with Crippen LogP contribution in [0.3, 0.4) is 0 Å². The topological polar surface area (TPSA) is 105 Å². The maximum Gasteiger partial charge on any atom is 0.270 e. The Morgan fingerprint density at radius 1 is 1.10 bits per heavy atom. The Kier molecular flexibility index (Phi) is 7.23. The minimum Gasteiger partial charge on any atom is -0.371 e. The zero-order valence-electron chi connectivity index (χ0n) is 17.9. The van der Waals surface area contributed by atoms with Gasteiger partial charge < -0.3 is 15.5 Å². The van der Waals surface area contributed by atoms with Crippen LogP contribution in [-0.4, -0.2) is 35.9 Å². The molecule has 0 unspecified atom stereocenters. The maximum atomic E-state index is 13.0. The largest absolute Gasteiger partial charge is 0.371 e. The molecule has 1 aliphatic rings. The average Bonchev–Trinajstić information content (AvgIpc) is 2.79. The van der Waals surface area contributed by atoms with E-state index in [1.165, 1.54) is 30.7 Å². The van der Waals surface area contributed by atoms with Crippen molar-refractivity contribution >= 4 is 28.9 Å². The van der Waals surface area contributed by atoms with Gasteiger partial charge in [0.05, 0.1) is 10.5 Å². The predicted molar refractivity (Wildman–Crippen MR) is 121 cm³/mol. The molecule has 31 heavy (non-hydrogen) atoms. The molecule has 0 radical (unpaired) electrons. The molecule has 2 aromatic rings. The van der Waals surface area contributed by atoms with E-state index in [2.05, 4.69) is 15.5 Å². The van der Waals surface area contributed by atoms with Crippen LogP contribution in [-0.2, 0) is 0 Å². The van der Waals surface area contributed by atoms with Gasteiger partial charge in [-0.1, -0.05) is 13.0 Å². The number of nitro benzene ring substituents is 1. The Morgan fingerprint density at radius 2 is 1.84 bits per heavy atom. The Balaban J connectivity index is 1.87. The number of non-ortho nitro benzene ring substituents is 1. The van der Waals surface area contributed by atoms with E-state index < -0.39 is 10.8 Å². The Morgan fingerprint density at radius 3 is 2.52 bits per heavy atom. The fraction of sp³-hybridized carbons (Fsp3) is 0.391. The van der Waals surface area contributed by atoms with E-state index in [0.29, 0.717) is 11.3 Å². The molecule has 2 amide bonds. The van der Waals surface area contributed by atoms with Crippen LogP contribution >= 0.6 is 0 Å². The Hall–Kier alpha value is -3.42. The molecule has 1 fully saturated rings. The molecule has 1 saturated heterocycles. The molecule has 2 N–H and O–H groups in total. The summed E-state index contributed by atoms with van der Waals surface area (Å²) in [4.78, 5) is 38.3. The predicted octanol–water partition coefficient (Wildman–Crippen LogP) is 4.37. The Bertz CT molecular complexity index is 970. The fourth-order valence-corrected chi connectivity index (χ4v) is 3.57. The number of nitro groups is 1. The normalized spacial score (nSPS) is 14.6. The lowest BCUT2D eigenvalue weighted by Gasteiger charge is -2.31. The van der Waals surface area contributed by atoms with Crippen molar-refractivity contribution in [3.05, 3.63) is 63.7 Å². The van der Waals surface area contributed by atoms with Crippen molar-refractivity contribution in [1.29, 1.82) is 0 Å². The van der Waals surface area contributed by atoms with E-state index in [1.54, 1.807) is 12.1 Å². The summed E-state index contributed by atoms with van der Waals surface area (Å²) in [6.45, 7) is 5.74. The molecule has 0 aromatic heterocycles. The number of rotatable bonds is 7. The number of hydrogen-bond acceptors (Lipinski definition) is 5. The summed E-state index contributed by atoms with van der Waals surface area (Å²) in [5.74, 6) is -0.649. The van der Waals surface area contributed by atoms with Crippen molar-refractivity contribution in [1.82, 2.24) is 5.32 Å². The van der Waals surface area contributed by atoms with Gasteiger partial charge in [0.1, 0.15) is 0 Å². The van der Waals surface area contributed by atoms with Gasteiger partial charge in [-0.2, -0.15) is 0 Å². The number of nitrogens with zero attached hydrogens (tertiary/aromatic N) is 2. The van der Waals surface area contributed by atoms with Crippen LogP contribution in [0.4, 0.5) is 17.1 Å². The van der Waals surface area contributed by atoms with Crippen LogP contribution in [0.25, 0.3) is 0 Å². The van der Waals surface area contributed by atoms with E-state index >= 15 is 0 Å². The van der Waals surface area contributed by atoms with E-state index in [9.17, 15) is 19.7 Å². The summed E-state index contributed by atoms with van der Waals surface area (Å²) in [6, 6.07) is 10.9. The molecular weight excluding hydrogens is 396 g/mol. The lowest BCUT2D eigenvalue weighted by Crippen LogP contribution is -2.35. The third-order valence-corrected chi connectivity index (χ3v) is 5.50. The summed E-state index contributed by atoms with van der Waals surface area (Å²) in [6.07, 6.45) is 4.16. The van der Waals surface area contributed by atoms with E-state index in [-0.39, 0.29) is 23.2 Å². The second-order valence-corrected chi connectivity index (χ2v) is 7.82. The van der Waals surface area contributed by atoms with Crippen LogP contribution in [0.2, 0.25) is 0 Å². The third-order valence-electron chi connectivity index (χ3n) is 5.50. The minimum atomic E-state index is -0.540. The minimum absolute atomic E-state index is 0.0322. The monoisotopic (exact) mass is 424 g/mol. The van der Waals surface area contributed by atoms with Gasteiger partial charge in [-0.3, -0.25) is 19.7 Å². The van der Waals surface area contributed by atoms with Crippen molar-refractivity contribution in [2.45, 2.75) is 45.6 Å². The molecule has 1 heterocycles. The van der Waals surface area contributed by atoms with Gasteiger partial charge in [-0.05, 0) is 56.9 Å². The van der Waals surface area contributed by atoms with Gasteiger partial charge in [0.15, 0.2) is 0 Å². The van der Waals surface area contributed by atoms with Crippen LogP contribution in [0.15, 0.2) is 42.5 Å². The summed E-state index contributed by atoms with van der Waals surface area (Å²) in [5.41, 5.74) is 1.86. The smallest absolute Gasteiger partial charge is 0.270 e. The molecule has 3 rings (SSSR count). The SMILES string of the molecule is CC[C@H](C)NC(=O)c1cc(NC(=O)c2cccc([N+](=O)[O-])c2)ccc1N1CCCCC1. The number of amides is 2. The van der Waals surface area contributed by atoms with Gasteiger partial charge in [0, 0.05) is 48.2 Å². The average molecular weight is 425 g/mol. The first kappa shape index (κ1) is 22.3. The highest BCUT2D eigenvalue weighted by Crippen LogP contribution is 2.28. The maximum absolute atomic E-state index is 13.0. The zero-order chi connectivity index (χ0) is 22.4. The summed E-state index contributed by atoms with van der Waals surface area (Å²) in [7, 11) is 0. The highest BCUT2D eigenvalue weighted by molar-refractivity contribution is 6.06. The Labute approximate surface area is 181 Å². The van der Waals surface area contributed by atoms with Crippen molar-refractivity contribution in [2.75, 3.05) is 23.3 Å². The molecule has 8 nitrogen and oxygen atoms in total. The third kappa shape index (κ3) is 5.59. The number of anilines is 2. The molecule has 2 aromatic carbocycles. The second-order valence-electron chi connectivity index (χ2n) is 7.82. The van der Waals surface area contributed by atoms with Crippen molar-refractivity contribution in [3.63, 3.8) is 0 Å². The first-order valence-electron chi connectivity index (χ1n) is 10.6. The highest BCUT2D eigenvalue weighted by atomic mass is 16.6. The first-order chi connectivity index (χ1) is 14.9. The number of carbonyl (C=O) groups excluding carboxylic acids is 2. The van der Waals surface area contributed by atoms with Crippen LogP contribution in [0.5, 0.6) is 0 Å². The van der Waals surface area contributed by atoms with Gasteiger partial charge in [-0.25, -0.2) is 0 Å².